The van der Waals surface area contributed by atoms with Crippen molar-refractivity contribution in [3.05, 3.63) is 57.8 Å². The molecule has 0 saturated carbocycles. The van der Waals surface area contributed by atoms with E-state index in [4.69, 9.17) is 4.74 Å². The lowest BCUT2D eigenvalue weighted by Crippen LogP contribution is -2.14. The van der Waals surface area contributed by atoms with Gasteiger partial charge in [-0.2, -0.15) is 0 Å². The summed E-state index contributed by atoms with van der Waals surface area (Å²) >= 11 is 1.28. The zero-order chi connectivity index (χ0) is 16.1. The summed E-state index contributed by atoms with van der Waals surface area (Å²) in [6, 6.07) is 13.2. The van der Waals surface area contributed by atoms with Crippen LogP contribution in [0.15, 0.2) is 42.5 Å². The van der Waals surface area contributed by atoms with E-state index in [1.807, 2.05) is 36.4 Å². The van der Waals surface area contributed by atoms with Gasteiger partial charge in [0.2, 0.25) is 5.78 Å². The van der Waals surface area contributed by atoms with Crippen molar-refractivity contribution in [1.82, 2.24) is 0 Å². The third kappa shape index (κ3) is 3.75. The number of carbonyl (C=O) groups is 3. The first-order valence-corrected chi connectivity index (χ1v) is 7.59. The average molecular weight is 316 g/mol. The van der Waals surface area contributed by atoms with Gasteiger partial charge in [-0.05, 0) is 17.7 Å². The van der Waals surface area contributed by atoms with Crippen LogP contribution < -0.4 is 0 Å². The maximum absolute atomic E-state index is 12.0. The highest BCUT2D eigenvalue weighted by molar-refractivity contribution is 7.14. The predicted octanol–water partition coefficient (Wildman–Crippen LogP) is 3.21. The van der Waals surface area contributed by atoms with Crippen molar-refractivity contribution in [2.45, 2.75) is 19.4 Å². The largest absolute Gasteiger partial charge is 0.371 e. The van der Waals surface area contributed by atoms with Crippen molar-refractivity contribution < 1.29 is 19.1 Å². The van der Waals surface area contributed by atoms with E-state index in [0.717, 1.165) is 10.4 Å². The number of hydrogen-bond acceptors (Lipinski definition) is 5. The zero-order valence-electron chi connectivity index (χ0n) is 12.4. The molecule has 1 aromatic carbocycles. The van der Waals surface area contributed by atoms with E-state index >= 15 is 0 Å². The lowest BCUT2D eigenvalue weighted by Gasteiger charge is -2.13. The second-order valence-corrected chi connectivity index (χ2v) is 5.92. The summed E-state index contributed by atoms with van der Waals surface area (Å²) in [5.41, 5.74) is 0.991. The van der Waals surface area contributed by atoms with Crippen LogP contribution in [0.3, 0.4) is 0 Å². The number of Topliss-reactive ketones (excluding diaryl/α,β-unsaturated/α-hetero) is 3. The number of benzene rings is 1. The number of rotatable bonds is 7. The lowest BCUT2D eigenvalue weighted by molar-refractivity contribution is -0.134. The molecule has 2 aromatic rings. The van der Waals surface area contributed by atoms with Crippen molar-refractivity contribution in [2.24, 2.45) is 0 Å². The molecule has 1 unspecified atom stereocenters. The Morgan fingerprint density at radius 2 is 1.77 bits per heavy atom. The fraction of sp³-hybridized carbons (Fsp3) is 0.235. The molecule has 0 aliphatic carbocycles. The van der Waals surface area contributed by atoms with Crippen LogP contribution in [0.1, 0.15) is 39.6 Å². The van der Waals surface area contributed by atoms with Crippen LogP contribution in [0, 0.1) is 0 Å². The summed E-state index contributed by atoms with van der Waals surface area (Å²) in [6.45, 7) is 1.17. The van der Waals surface area contributed by atoms with Gasteiger partial charge in [0.25, 0.3) is 0 Å². The SMILES string of the molecule is COC(c1ccccc1)c1ccc(C(=O)CC(=O)C(C)=O)s1. The molecule has 0 saturated heterocycles. The third-order valence-electron chi connectivity index (χ3n) is 3.21. The molecule has 114 valence electrons. The molecule has 0 aliphatic rings. The summed E-state index contributed by atoms with van der Waals surface area (Å²) in [4.78, 5) is 35.7. The number of ketones is 3. The van der Waals surface area contributed by atoms with Crippen molar-refractivity contribution in [3.8, 4) is 0 Å². The Kier molecular flexibility index (Phi) is 5.35. The number of carbonyl (C=O) groups excluding carboxylic acids is 3. The Morgan fingerprint density at radius 1 is 1.09 bits per heavy atom. The number of methoxy groups -OCH3 is 1. The van der Waals surface area contributed by atoms with Crippen LogP contribution in [0.25, 0.3) is 0 Å². The van der Waals surface area contributed by atoms with Crippen LogP contribution in [-0.4, -0.2) is 24.5 Å². The summed E-state index contributed by atoms with van der Waals surface area (Å²) in [7, 11) is 1.61. The molecule has 1 aromatic heterocycles. The minimum Gasteiger partial charge on any atom is -0.371 e. The molecule has 0 bridgehead atoms. The average Bonchev–Trinajstić information content (AvgIpc) is 2.98. The molecule has 22 heavy (non-hydrogen) atoms. The van der Waals surface area contributed by atoms with E-state index in [0.29, 0.717) is 4.88 Å². The molecular weight excluding hydrogens is 300 g/mol. The molecular formula is C17H16O4S. The van der Waals surface area contributed by atoms with Gasteiger partial charge in [-0.1, -0.05) is 30.3 Å². The highest BCUT2D eigenvalue weighted by Crippen LogP contribution is 2.31. The number of hydrogen-bond donors (Lipinski definition) is 0. The van der Waals surface area contributed by atoms with Gasteiger partial charge in [-0.15, -0.1) is 11.3 Å². The Morgan fingerprint density at radius 3 is 2.36 bits per heavy atom. The van der Waals surface area contributed by atoms with Gasteiger partial charge in [0.05, 0.1) is 11.3 Å². The van der Waals surface area contributed by atoms with E-state index in [1.165, 1.54) is 18.3 Å². The zero-order valence-corrected chi connectivity index (χ0v) is 13.2. The van der Waals surface area contributed by atoms with Gasteiger partial charge in [0.15, 0.2) is 11.6 Å². The third-order valence-corrected chi connectivity index (χ3v) is 4.38. The van der Waals surface area contributed by atoms with Gasteiger partial charge in [-0.3, -0.25) is 14.4 Å². The molecule has 0 spiro atoms. The smallest absolute Gasteiger partial charge is 0.205 e. The van der Waals surface area contributed by atoms with E-state index in [9.17, 15) is 14.4 Å². The molecule has 0 radical (unpaired) electrons. The summed E-state index contributed by atoms with van der Waals surface area (Å²) < 4.78 is 5.51. The van der Waals surface area contributed by atoms with Crippen molar-refractivity contribution in [2.75, 3.05) is 7.11 Å². The van der Waals surface area contributed by atoms with Crippen LogP contribution >= 0.6 is 11.3 Å². The van der Waals surface area contributed by atoms with Crippen LogP contribution in [-0.2, 0) is 14.3 Å². The van der Waals surface area contributed by atoms with Gasteiger partial charge >= 0.3 is 0 Å². The van der Waals surface area contributed by atoms with E-state index in [2.05, 4.69) is 0 Å². The first-order valence-electron chi connectivity index (χ1n) is 6.77. The highest BCUT2D eigenvalue weighted by atomic mass is 32.1. The maximum Gasteiger partial charge on any atom is 0.205 e. The number of thiophene rings is 1. The van der Waals surface area contributed by atoms with E-state index in [1.54, 1.807) is 13.2 Å². The molecule has 1 heterocycles. The molecule has 0 amide bonds. The Balaban J connectivity index is 2.18. The molecule has 4 nitrogen and oxygen atoms in total. The van der Waals surface area contributed by atoms with Crippen LogP contribution in [0.5, 0.6) is 0 Å². The normalized spacial score (nSPS) is 11.9. The van der Waals surface area contributed by atoms with Crippen LogP contribution in [0.4, 0.5) is 0 Å². The Bertz CT molecular complexity index is 688. The summed E-state index contributed by atoms with van der Waals surface area (Å²) in [5.74, 6) is -1.59. The quantitative estimate of drug-likeness (QED) is 0.447. The van der Waals surface area contributed by atoms with E-state index in [-0.39, 0.29) is 18.3 Å². The Hall–Kier alpha value is -2.11. The van der Waals surface area contributed by atoms with Crippen LogP contribution in [0.2, 0.25) is 0 Å². The molecule has 1 atom stereocenters. The van der Waals surface area contributed by atoms with Gasteiger partial charge in [0.1, 0.15) is 6.10 Å². The van der Waals surface area contributed by atoms with Gasteiger partial charge in [0, 0.05) is 18.9 Å². The number of ether oxygens (including phenoxy) is 1. The first-order chi connectivity index (χ1) is 10.5. The van der Waals surface area contributed by atoms with Crippen molar-refractivity contribution in [3.63, 3.8) is 0 Å². The minimum absolute atomic E-state index is 0.253. The van der Waals surface area contributed by atoms with Gasteiger partial charge in [-0.25, -0.2) is 0 Å². The highest BCUT2D eigenvalue weighted by Gasteiger charge is 2.20. The standard InChI is InChI=1S/C17H16O4S/c1-11(18)13(19)10-14(20)15-8-9-16(22-15)17(21-2)12-6-4-3-5-7-12/h3-9,17H,10H2,1-2H3. The van der Waals surface area contributed by atoms with E-state index < -0.39 is 11.6 Å². The Labute approximate surface area is 132 Å². The second-order valence-electron chi connectivity index (χ2n) is 4.81. The lowest BCUT2D eigenvalue weighted by atomic mass is 10.1. The molecule has 0 aliphatic heterocycles. The molecule has 5 heteroatoms. The van der Waals surface area contributed by atoms with Gasteiger partial charge < -0.3 is 4.74 Å². The molecule has 0 fully saturated rings. The summed E-state index contributed by atoms with van der Waals surface area (Å²) in [6.07, 6.45) is -0.630. The maximum atomic E-state index is 12.0. The van der Waals surface area contributed by atoms with Crippen molar-refractivity contribution >= 4 is 28.7 Å². The predicted molar refractivity (Wildman–Crippen MR) is 84.2 cm³/mol. The molecule has 2 rings (SSSR count). The summed E-state index contributed by atoms with van der Waals surface area (Å²) in [5, 5.41) is 0. The molecule has 0 N–H and O–H groups in total. The minimum atomic E-state index is -0.661. The monoisotopic (exact) mass is 316 g/mol. The van der Waals surface area contributed by atoms with Crippen molar-refractivity contribution in [1.29, 1.82) is 0 Å². The fourth-order valence-electron chi connectivity index (χ4n) is 2.05. The fourth-order valence-corrected chi connectivity index (χ4v) is 3.10. The second kappa shape index (κ2) is 7.24. The first kappa shape index (κ1) is 16.3. The topological polar surface area (TPSA) is 60.4 Å².